The van der Waals surface area contributed by atoms with Crippen molar-refractivity contribution in [2.24, 2.45) is 5.92 Å². The van der Waals surface area contributed by atoms with Crippen LogP contribution in [0.1, 0.15) is 26.2 Å². The Kier molecular flexibility index (Phi) is 6.92. The summed E-state index contributed by atoms with van der Waals surface area (Å²) in [6.45, 7) is 3.59. The largest absolute Gasteiger partial charge is 0.354 e. The fourth-order valence-corrected chi connectivity index (χ4v) is 4.28. The first-order chi connectivity index (χ1) is 11.5. The molecule has 1 fully saturated rings. The highest BCUT2D eigenvalue weighted by Gasteiger charge is 2.31. The van der Waals surface area contributed by atoms with Gasteiger partial charge in [0.2, 0.25) is 21.9 Å². The van der Waals surface area contributed by atoms with Gasteiger partial charge < -0.3 is 10.6 Å². The van der Waals surface area contributed by atoms with Gasteiger partial charge in [-0.1, -0.05) is 6.92 Å². The van der Waals surface area contributed by atoms with Crippen LogP contribution in [0, 0.1) is 5.92 Å². The van der Waals surface area contributed by atoms with E-state index in [4.69, 9.17) is 0 Å². The molecule has 134 valence electrons. The van der Waals surface area contributed by atoms with E-state index in [1.807, 2.05) is 6.92 Å². The lowest BCUT2D eigenvalue weighted by molar-refractivity contribution is -0.125. The summed E-state index contributed by atoms with van der Waals surface area (Å²) in [5, 5.41) is 5.86. The van der Waals surface area contributed by atoms with Gasteiger partial charge in [0.05, 0.1) is 11.7 Å². The van der Waals surface area contributed by atoms with Crippen LogP contribution in [0.15, 0.2) is 18.5 Å². The summed E-state index contributed by atoms with van der Waals surface area (Å²) in [5.74, 6) is 0.282. The molecule has 1 aliphatic rings. The van der Waals surface area contributed by atoms with Crippen LogP contribution in [-0.4, -0.2) is 60.5 Å². The molecule has 0 aliphatic carbocycles. The molecule has 1 aliphatic heterocycles. The molecule has 0 aromatic carbocycles. The van der Waals surface area contributed by atoms with Crippen LogP contribution in [0.3, 0.4) is 0 Å². The van der Waals surface area contributed by atoms with E-state index in [2.05, 4.69) is 20.6 Å². The van der Waals surface area contributed by atoms with Gasteiger partial charge in [-0.2, -0.15) is 0 Å². The van der Waals surface area contributed by atoms with Gasteiger partial charge in [0.1, 0.15) is 0 Å². The summed E-state index contributed by atoms with van der Waals surface area (Å²) in [4.78, 5) is 20.3. The topological polar surface area (TPSA) is 104 Å². The number of aromatic nitrogens is 2. The maximum absolute atomic E-state index is 12.2. The molecule has 8 nitrogen and oxygen atoms in total. The van der Waals surface area contributed by atoms with Gasteiger partial charge in [0.15, 0.2) is 0 Å². The summed E-state index contributed by atoms with van der Waals surface area (Å²) in [5.41, 5.74) is 0. The molecule has 1 atom stereocenters. The molecule has 9 heteroatoms. The van der Waals surface area contributed by atoms with E-state index in [1.165, 1.54) is 4.31 Å². The number of hydrogen-bond donors (Lipinski definition) is 2. The van der Waals surface area contributed by atoms with Crippen LogP contribution in [0.4, 0.5) is 5.95 Å². The Labute approximate surface area is 143 Å². The smallest absolute Gasteiger partial charge is 0.224 e. The predicted molar refractivity (Wildman–Crippen MR) is 91.9 cm³/mol. The first kappa shape index (κ1) is 18.6. The van der Waals surface area contributed by atoms with Crippen molar-refractivity contribution in [3.63, 3.8) is 0 Å². The number of anilines is 1. The zero-order valence-electron chi connectivity index (χ0n) is 13.9. The Morgan fingerprint density at radius 3 is 2.79 bits per heavy atom. The second-order valence-corrected chi connectivity index (χ2v) is 7.89. The normalized spacial score (nSPS) is 19.0. The second-order valence-electron chi connectivity index (χ2n) is 5.80. The minimum atomic E-state index is -3.24. The summed E-state index contributed by atoms with van der Waals surface area (Å²) in [7, 11) is -3.24. The van der Waals surface area contributed by atoms with Gasteiger partial charge in [0.25, 0.3) is 0 Å². The third kappa shape index (κ3) is 5.41. The Balaban J connectivity index is 1.75. The first-order valence-corrected chi connectivity index (χ1v) is 9.90. The predicted octanol–water partition coefficient (Wildman–Crippen LogP) is 0.457. The molecule has 1 unspecified atom stereocenters. The van der Waals surface area contributed by atoms with Crippen molar-refractivity contribution in [2.45, 2.75) is 26.2 Å². The summed E-state index contributed by atoms with van der Waals surface area (Å²) in [6.07, 6.45) is 5.31. The number of hydrogen-bond acceptors (Lipinski definition) is 6. The maximum Gasteiger partial charge on any atom is 0.224 e. The van der Waals surface area contributed by atoms with E-state index >= 15 is 0 Å². The summed E-state index contributed by atoms with van der Waals surface area (Å²) < 4.78 is 25.7. The summed E-state index contributed by atoms with van der Waals surface area (Å²) in [6, 6.07) is 1.73. The lowest BCUT2D eigenvalue weighted by Crippen LogP contribution is -2.46. The van der Waals surface area contributed by atoms with Crippen LogP contribution in [0.5, 0.6) is 0 Å². The fraction of sp³-hybridized carbons (Fsp3) is 0.667. The highest BCUT2D eigenvalue weighted by Crippen LogP contribution is 2.20. The van der Waals surface area contributed by atoms with Gasteiger partial charge in [-0.15, -0.1) is 0 Å². The molecule has 0 bridgehead atoms. The van der Waals surface area contributed by atoms with E-state index in [1.54, 1.807) is 18.5 Å². The summed E-state index contributed by atoms with van der Waals surface area (Å²) >= 11 is 0. The van der Waals surface area contributed by atoms with Crippen LogP contribution in [0.25, 0.3) is 0 Å². The molecule has 2 N–H and O–H groups in total. The minimum absolute atomic E-state index is 0.0952. The molecular formula is C15H25N5O3S. The molecule has 24 heavy (non-hydrogen) atoms. The Morgan fingerprint density at radius 1 is 1.33 bits per heavy atom. The molecule has 1 saturated heterocycles. The van der Waals surface area contributed by atoms with Crippen molar-refractivity contribution in [3.8, 4) is 0 Å². The Morgan fingerprint density at radius 2 is 2.08 bits per heavy atom. The van der Waals surface area contributed by atoms with E-state index in [0.717, 1.165) is 12.8 Å². The van der Waals surface area contributed by atoms with Crippen molar-refractivity contribution in [3.05, 3.63) is 18.5 Å². The first-order valence-electron chi connectivity index (χ1n) is 8.29. The van der Waals surface area contributed by atoms with Crippen molar-refractivity contribution < 1.29 is 13.2 Å². The van der Waals surface area contributed by atoms with Gasteiger partial charge in [-0.3, -0.25) is 4.79 Å². The van der Waals surface area contributed by atoms with Crippen LogP contribution < -0.4 is 10.6 Å². The fourth-order valence-electron chi connectivity index (χ4n) is 2.69. The molecule has 1 aromatic heterocycles. The van der Waals surface area contributed by atoms with Crippen molar-refractivity contribution in [2.75, 3.05) is 37.2 Å². The average molecular weight is 355 g/mol. The van der Waals surface area contributed by atoms with E-state index in [-0.39, 0.29) is 24.1 Å². The van der Waals surface area contributed by atoms with E-state index in [9.17, 15) is 13.2 Å². The van der Waals surface area contributed by atoms with Crippen molar-refractivity contribution in [1.29, 1.82) is 0 Å². The monoisotopic (exact) mass is 355 g/mol. The number of amides is 1. The second kappa shape index (κ2) is 8.93. The number of carbonyl (C=O) groups is 1. The molecule has 2 rings (SSSR count). The van der Waals surface area contributed by atoms with Crippen LogP contribution >= 0.6 is 0 Å². The number of nitrogens with zero attached hydrogens (tertiary/aromatic N) is 3. The quantitative estimate of drug-likeness (QED) is 0.657. The zero-order valence-corrected chi connectivity index (χ0v) is 14.8. The Bertz CT molecular complexity index is 623. The van der Waals surface area contributed by atoms with Gasteiger partial charge in [0, 0.05) is 38.6 Å². The zero-order chi connectivity index (χ0) is 17.4. The molecular weight excluding hydrogens is 330 g/mol. The van der Waals surface area contributed by atoms with E-state index in [0.29, 0.717) is 32.0 Å². The standard InChI is InChI=1S/C15H25N5O3S/c1-2-11-24(22,23)20-10-3-5-13(12-20)14(21)16-8-9-19-15-17-6-4-7-18-15/h4,6-7,13H,2-3,5,8-12H2,1H3,(H,16,21)(H,17,18,19). The van der Waals surface area contributed by atoms with Gasteiger partial charge in [-0.05, 0) is 25.3 Å². The van der Waals surface area contributed by atoms with Crippen molar-refractivity contribution in [1.82, 2.24) is 19.6 Å². The molecule has 0 saturated carbocycles. The lowest BCUT2D eigenvalue weighted by Gasteiger charge is -2.31. The van der Waals surface area contributed by atoms with Crippen LogP contribution in [-0.2, 0) is 14.8 Å². The molecule has 0 radical (unpaired) electrons. The minimum Gasteiger partial charge on any atom is -0.354 e. The van der Waals surface area contributed by atoms with Gasteiger partial charge >= 0.3 is 0 Å². The lowest BCUT2D eigenvalue weighted by atomic mass is 9.99. The third-order valence-electron chi connectivity index (χ3n) is 3.88. The number of rotatable bonds is 8. The molecule has 1 amide bonds. The highest BCUT2D eigenvalue weighted by molar-refractivity contribution is 7.89. The number of sulfonamides is 1. The van der Waals surface area contributed by atoms with Crippen molar-refractivity contribution >= 4 is 21.9 Å². The molecule has 2 heterocycles. The Hall–Kier alpha value is -1.74. The SMILES string of the molecule is CCCS(=O)(=O)N1CCCC(C(=O)NCCNc2ncccn2)C1. The number of carbonyl (C=O) groups excluding carboxylic acids is 1. The molecule has 1 aromatic rings. The van der Waals surface area contributed by atoms with Gasteiger partial charge in [-0.25, -0.2) is 22.7 Å². The number of piperidine rings is 1. The maximum atomic E-state index is 12.2. The van der Waals surface area contributed by atoms with E-state index < -0.39 is 10.0 Å². The highest BCUT2D eigenvalue weighted by atomic mass is 32.2. The van der Waals surface area contributed by atoms with Crippen LogP contribution in [0.2, 0.25) is 0 Å². The number of nitrogens with one attached hydrogen (secondary N) is 2. The average Bonchev–Trinajstić information content (AvgIpc) is 2.59. The molecule has 0 spiro atoms. The third-order valence-corrected chi connectivity index (χ3v) is 5.93.